The predicted molar refractivity (Wildman–Crippen MR) is 107 cm³/mol. The second-order valence-corrected chi connectivity index (χ2v) is 6.57. The van der Waals surface area contributed by atoms with Gasteiger partial charge in [-0.3, -0.25) is 25.5 Å². The predicted octanol–water partition coefficient (Wildman–Crippen LogP) is 3.27. The van der Waals surface area contributed by atoms with Crippen LogP contribution in [0.3, 0.4) is 0 Å². The minimum absolute atomic E-state index is 0.115. The second kappa shape index (κ2) is 8.70. The summed E-state index contributed by atoms with van der Waals surface area (Å²) in [4.78, 5) is 34.7. The first-order valence-corrected chi connectivity index (χ1v) is 9.22. The van der Waals surface area contributed by atoms with E-state index in [1.807, 2.05) is 0 Å². The molecule has 1 aliphatic rings. The third-order valence-corrected chi connectivity index (χ3v) is 4.77. The lowest BCUT2D eigenvalue weighted by atomic mass is 9.92. The van der Waals surface area contributed by atoms with Gasteiger partial charge in [0.15, 0.2) is 0 Å². The number of allylic oxidation sites excluding steroid dienone is 1. The average molecular weight is 412 g/mol. The highest BCUT2D eigenvalue weighted by Gasteiger charge is 2.38. The summed E-state index contributed by atoms with van der Waals surface area (Å²) in [7, 11) is 0. The highest BCUT2D eigenvalue weighted by molar-refractivity contribution is 5.91. The van der Waals surface area contributed by atoms with E-state index in [0.717, 1.165) is 0 Å². The van der Waals surface area contributed by atoms with Crippen molar-refractivity contribution in [2.45, 2.75) is 26.1 Å². The lowest BCUT2D eigenvalue weighted by molar-refractivity contribution is -0.386. The number of hydrogen-bond acceptors (Lipinski definition) is 8. The van der Waals surface area contributed by atoms with Gasteiger partial charge in [0, 0.05) is 17.8 Å². The van der Waals surface area contributed by atoms with E-state index in [2.05, 4.69) is 10.6 Å². The van der Waals surface area contributed by atoms with E-state index in [9.17, 15) is 25.0 Å². The van der Waals surface area contributed by atoms with E-state index in [-0.39, 0.29) is 29.1 Å². The van der Waals surface area contributed by atoms with Gasteiger partial charge in [0.2, 0.25) is 0 Å². The Hall–Kier alpha value is -3.79. The minimum Gasteiger partial charge on any atom is -0.463 e. The van der Waals surface area contributed by atoms with Gasteiger partial charge in [-0.15, -0.1) is 0 Å². The molecule has 0 unspecified atom stereocenters. The van der Waals surface area contributed by atoms with Crippen LogP contribution in [0, 0.1) is 20.2 Å². The van der Waals surface area contributed by atoms with Crippen LogP contribution in [0.2, 0.25) is 0 Å². The summed E-state index contributed by atoms with van der Waals surface area (Å²) in [5, 5.41) is 29.2. The topological polar surface area (TPSA) is 137 Å². The van der Waals surface area contributed by atoms with Crippen molar-refractivity contribution in [3.05, 3.63) is 91.2 Å². The zero-order valence-electron chi connectivity index (χ0n) is 16.3. The highest BCUT2D eigenvalue weighted by Crippen LogP contribution is 2.37. The van der Waals surface area contributed by atoms with Crippen LogP contribution in [0.25, 0.3) is 0 Å². The number of carbonyl (C=O) groups excluding carboxylic acids is 1. The lowest BCUT2D eigenvalue weighted by Crippen LogP contribution is -2.44. The molecule has 0 bridgehead atoms. The number of esters is 1. The first kappa shape index (κ1) is 20.9. The Morgan fingerprint density at radius 3 is 2.10 bits per heavy atom. The standard InChI is InChI=1S/C20H20N4O6/c1-3-30-20(25)17-12(2)21-19(14-9-5-7-11-16(14)24(28)29)22-18(17)13-8-4-6-10-15(13)23(26)27/h4-11,18-19,21-22H,3H2,1-2H3/t18-,19-/m0/s1. The van der Waals surface area contributed by atoms with Gasteiger partial charge in [0.25, 0.3) is 11.4 Å². The van der Waals surface area contributed by atoms with Gasteiger partial charge in [-0.25, -0.2) is 4.79 Å². The molecule has 10 heteroatoms. The van der Waals surface area contributed by atoms with Gasteiger partial charge >= 0.3 is 5.97 Å². The summed E-state index contributed by atoms with van der Waals surface area (Å²) in [5.41, 5.74) is 0.909. The number of nitrogens with zero attached hydrogens (tertiary/aromatic N) is 2. The van der Waals surface area contributed by atoms with E-state index < -0.39 is 28.0 Å². The minimum atomic E-state index is -0.906. The maximum atomic E-state index is 12.7. The van der Waals surface area contributed by atoms with Crippen LogP contribution in [0.15, 0.2) is 59.8 Å². The van der Waals surface area contributed by atoms with Crippen molar-refractivity contribution >= 4 is 17.3 Å². The number of nitro groups is 2. The summed E-state index contributed by atoms with van der Waals surface area (Å²) < 4.78 is 5.15. The van der Waals surface area contributed by atoms with Crippen LogP contribution in [0.5, 0.6) is 0 Å². The highest BCUT2D eigenvalue weighted by atomic mass is 16.6. The van der Waals surface area contributed by atoms with Gasteiger partial charge < -0.3 is 10.1 Å². The van der Waals surface area contributed by atoms with E-state index >= 15 is 0 Å². The molecular weight excluding hydrogens is 392 g/mol. The van der Waals surface area contributed by atoms with Crippen molar-refractivity contribution in [2.24, 2.45) is 0 Å². The van der Waals surface area contributed by atoms with Gasteiger partial charge in [0.05, 0.1) is 39.2 Å². The van der Waals surface area contributed by atoms with Crippen molar-refractivity contribution in [1.82, 2.24) is 10.6 Å². The molecule has 0 amide bonds. The van der Waals surface area contributed by atoms with Crippen molar-refractivity contribution in [3.8, 4) is 0 Å². The van der Waals surface area contributed by atoms with Crippen molar-refractivity contribution < 1.29 is 19.4 Å². The zero-order chi connectivity index (χ0) is 21.8. The molecule has 0 saturated carbocycles. The molecule has 0 saturated heterocycles. The molecule has 1 heterocycles. The van der Waals surface area contributed by atoms with E-state index in [0.29, 0.717) is 11.3 Å². The molecule has 0 spiro atoms. The molecule has 0 radical (unpaired) electrons. The molecule has 2 atom stereocenters. The van der Waals surface area contributed by atoms with Crippen molar-refractivity contribution in [1.29, 1.82) is 0 Å². The van der Waals surface area contributed by atoms with Crippen molar-refractivity contribution in [3.63, 3.8) is 0 Å². The summed E-state index contributed by atoms with van der Waals surface area (Å²) in [6.45, 7) is 3.43. The largest absolute Gasteiger partial charge is 0.463 e. The monoisotopic (exact) mass is 412 g/mol. The quantitative estimate of drug-likeness (QED) is 0.419. The van der Waals surface area contributed by atoms with Crippen molar-refractivity contribution in [2.75, 3.05) is 6.61 Å². The average Bonchev–Trinajstić information content (AvgIpc) is 2.73. The first-order chi connectivity index (χ1) is 14.3. The number of para-hydroxylation sites is 2. The fraction of sp³-hybridized carbons (Fsp3) is 0.250. The SMILES string of the molecule is CCOC(=O)C1=C(C)N[C@H](c2ccccc2[N+](=O)[O-])N[C@H]1c1ccccc1[N+](=O)[O-]. The number of nitrogens with one attached hydrogen (secondary N) is 2. The first-order valence-electron chi connectivity index (χ1n) is 9.22. The molecule has 30 heavy (non-hydrogen) atoms. The number of carbonyl (C=O) groups is 1. The number of hydrogen-bond donors (Lipinski definition) is 2. The summed E-state index contributed by atoms with van der Waals surface area (Å²) in [5.74, 6) is -0.626. The molecule has 0 aliphatic carbocycles. The van der Waals surface area contributed by atoms with E-state index in [1.54, 1.807) is 44.2 Å². The third kappa shape index (κ3) is 3.98. The summed E-state index contributed by atoms with van der Waals surface area (Å²) in [6, 6.07) is 11.3. The van der Waals surface area contributed by atoms with Crippen LogP contribution in [-0.4, -0.2) is 22.4 Å². The fourth-order valence-electron chi connectivity index (χ4n) is 3.49. The Bertz CT molecular complexity index is 1040. The molecule has 0 fully saturated rings. The molecule has 2 N–H and O–H groups in total. The fourth-order valence-corrected chi connectivity index (χ4v) is 3.49. The molecule has 2 aromatic carbocycles. The number of benzene rings is 2. The lowest BCUT2D eigenvalue weighted by Gasteiger charge is -2.34. The molecule has 10 nitrogen and oxygen atoms in total. The summed E-state index contributed by atoms with van der Waals surface area (Å²) >= 11 is 0. The molecule has 0 aromatic heterocycles. The number of rotatable bonds is 6. The third-order valence-electron chi connectivity index (χ3n) is 4.77. The Morgan fingerprint density at radius 2 is 1.53 bits per heavy atom. The number of ether oxygens (including phenoxy) is 1. The van der Waals surface area contributed by atoms with Crippen LogP contribution in [0.1, 0.15) is 37.2 Å². The number of nitro benzene ring substituents is 2. The van der Waals surface area contributed by atoms with Gasteiger partial charge in [-0.05, 0) is 19.9 Å². The molecule has 1 aliphatic heterocycles. The van der Waals surface area contributed by atoms with Crippen LogP contribution < -0.4 is 10.6 Å². The maximum absolute atomic E-state index is 12.7. The zero-order valence-corrected chi connectivity index (χ0v) is 16.3. The molecule has 2 aromatic rings. The van der Waals surface area contributed by atoms with Crippen LogP contribution in [-0.2, 0) is 9.53 Å². The second-order valence-electron chi connectivity index (χ2n) is 6.57. The van der Waals surface area contributed by atoms with Gasteiger partial charge in [-0.1, -0.05) is 30.3 Å². The summed E-state index contributed by atoms with van der Waals surface area (Å²) in [6.07, 6.45) is -0.755. The maximum Gasteiger partial charge on any atom is 0.337 e. The Labute approximate surface area is 171 Å². The van der Waals surface area contributed by atoms with Crippen LogP contribution >= 0.6 is 0 Å². The Balaban J connectivity index is 2.15. The normalized spacial score (nSPS) is 18.5. The smallest absolute Gasteiger partial charge is 0.337 e. The van der Waals surface area contributed by atoms with E-state index in [4.69, 9.17) is 4.74 Å². The molecule has 156 valence electrons. The van der Waals surface area contributed by atoms with Crippen LogP contribution in [0.4, 0.5) is 11.4 Å². The van der Waals surface area contributed by atoms with E-state index in [1.165, 1.54) is 18.2 Å². The Kier molecular flexibility index (Phi) is 6.07. The molecule has 3 rings (SSSR count). The Morgan fingerprint density at radius 1 is 1.00 bits per heavy atom. The van der Waals surface area contributed by atoms with Gasteiger partial charge in [-0.2, -0.15) is 0 Å². The molecular formula is C20H20N4O6. The van der Waals surface area contributed by atoms with Gasteiger partial charge in [0.1, 0.15) is 6.17 Å².